The molecule has 88 valence electrons. The van der Waals surface area contributed by atoms with E-state index in [2.05, 4.69) is 0 Å². The molecule has 0 bridgehead atoms. The van der Waals surface area contributed by atoms with Gasteiger partial charge in [0.1, 0.15) is 0 Å². The zero-order chi connectivity index (χ0) is 12.4. The third kappa shape index (κ3) is 4.09. The van der Waals surface area contributed by atoms with E-state index in [0.717, 1.165) is 0 Å². The van der Waals surface area contributed by atoms with Gasteiger partial charge in [-0.25, -0.2) is 13.6 Å². The summed E-state index contributed by atoms with van der Waals surface area (Å²) in [6.45, 7) is 0.0858. The van der Waals surface area contributed by atoms with E-state index in [0.29, 0.717) is 5.32 Å². The van der Waals surface area contributed by atoms with Crippen LogP contribution in [-0.4, -0.2) is 35.1 Å². The molecule has 15 heavy (non-hydrogen) atoms. The lowest BCUT2D eigenvalue weighted by molar-refractivity contribution is -0.179. The van der Waals surface area contributed by atoms with Crippen LogP contribution in [0.5, 0.6) is 0 Å². The number of carboxylic acids is 1. The lowest BCUT2D eigenvalue weighted by Crippen LogP contribution is -2.54. The number of nitrogens with one attached hydrogen (secondary N) is 1. The Balaban J connectivity index is 4.74. The van der Waals surface area contributed by atoms with E-state index in [9.17, 15) is 31.5 Å². The second-order valence-corrected chi connectivity index (χ2v) is 2.70. The number of carbonyl (C=O) groups excluding carboxylic acids is 1. The van der Waals surface area contributed by atoms with E-state index in [-0.39, 0.29) is 6.92 Å². The molecule has 0 aromatic rings. The Morgan fingerprint density at radius 1 is 1.20 bits per heavy atom. The topological polar surface area (TPSA) is 66.4 Å². The van der Waals surface area contributed by atoms with Crippen LogP contribution < -0.4 is 5.32 Å². The molecule has 0 spiro atoms. The largest absolute Gasteiger partial charge is 0.480 e. The van der Waals surface area contributed by atoms with Crippen molar-refractivity contribution in [3.8, 4) is 0 Å². The molecule has 1 atom stereocenters. The van der Waals surface area contributed by atoms with Gasteiger partial charge in [0.15, 0.2) is 6.04 Å². The zero-order valence-corrected chi connectivity index (χ0v) is 7.23. The van der Waals surface area contributed by atoms with Gasteiger partial charge in [0.2, 0.25) is 0 Å². The maximum atomic E-state index is 12.4. The van der Waals surface area contributed by atoms with Crippen molar-refractivity contribution in [2.45, 2.75) is 25.1 Å². The monoisotopic (exact) mass is 235 g/mol. The molecule has 1 amide bonds. The molecular weight excluding hydrogens is 229 g/mol. The highest BCUT2D eigenvalue weighted by Crippen LogP contribution is 2.20. The Kier molecular flexibility index (Phi) is 3.61. The summed E-state index contributed by atoms with van der Waals surface area (Å²) in [5.41, 5.74) is 0. The molecule has 0 aliphatic rings. The van der Waals surface area contributed by atoms with Gasteiger partial charge in [0.25, 0.3) is 5.92 Å². The van der Waals surface area contributed by atoms with Gasteiger partial charge in [-0.1, -0.05) is 0 Å². The highest BCUT2D eigenvalue weighted by Gasteiger charge is 2.47. The standard InChI is InChI=1S/C6H6F5NO3/c1-5(7,8)2(3(13)14)12-4(15)6(9,10)11/h2H,1H3,(H,12,15)(H,13,14). The summed E-state index contributed by atoms with van der Waals surface area (Å²) in [4.78, 5) is 20.3. The predicted octanol–water partition coefficient (Wildman–Crippen LogP) is 0.773. The third-order valence-corrected chi connectivity index (χ3v) is 1.29. The Morgan fingerprint density at radius 3 is 1.80 bits per heavy atom. The number of hydrogen-bond acceptors (Lipinski definition) is 2. The quantitative estimate of drug-likeness (QED) is 0.710. The number of rotatable bonds is 3. The Hall–Kier alpha value is -1.41. The second kappa shape index (κ2) is 3.99. The molecular formula is C6H6F5NO3. The average molecular weight is 235 g/mol. The first-order valence-corrected chi connectivity index (χ1v) is 3.44. The van der Waals surface area contributed by atoms with Crippen molar-refractivity contribution in [3.63, 3.8) is 0 Å². The fourth-order valence-electron chi connectivity index (χ4n) is 0.618. The number of carboxylic acid groups (broad SMARTS) is 1. The van der Waals surface area contributed by atoms with E-state index in [4.69, 9.17) is 5.11 Å². The van der Waals surface area contributed by atoms with Crippen molar-refractivity contribution in [2.24, 2.45) is 0 Å². The van der Waals surface area contributed by atoms with Crippen molar-refractivity contribution >= 4 is 11.9 Å². The van der Waals surface area contributed by atoms with E-state index in [1.807, 2.05) is 0 Å². The van der Waals surface area contributed by atoms with Crippen LogP contribution in [0.2, 0.25) is 0 Å². The van der Waals surface area contributed by atoms with E-state index in [1.165, 1.54) is 0 Å². The average Bonchev–Trinajstić information content (AvgIpc) is 1.94. The van der Waals surface area contributed by atoms with Crippen LogP contribution in [0.4, 0.5) is 22.0 Å². The van der Waals surface area contributed by atoms with Crippen LogP contribution in [0.3, 0.4) is 0 Å². The highest BCUT2D eigenvalue weighted by molar-refractivity contribution is 5.87. The van der Waals surface area contributed by atoms with Crippen LogP contribution in [-0.2, 0) is 9.59 Å². The van der Waals surface area contributed by atoms with Crippen molar-refractivity contribution in [2.75, 3.05) is 0 Å². The van der Waals surface area contributed by atoms with Crippen molar-refractivity contribution in [3.05, 3.63) is 0 Å². The van der Waals surface area contributed by atoms with Crippen LogP contribution in [0, 0.1) is 0 Å². The fourth-order valence-corrected chi connectivity index (χ4v) is 0.618. The number of halogens is 5. The highest BCUT2D eigenvalue weighted by atomic mass is 19.4. The molecule has 4 nitrogen and oxygen atoms in total. The van der Waals surface area contributed by atoms with Crippen LogP contribution in [0.25, 0.3) is 0 Å². The summed E-state index contributed by atoms with van der Waals surface area (Å²) in [5, 5.41) is 8.84. The van der Waals surface area contributed by atoms with Gasteiger partial charge < -0.3 is 10.4 Å². The van der Waals surface area contributed by atoms with Gasteiger partial charge in [-0.15, -0.1) is 0 Å². The minimum Gasteiger partial charge on any atom is -0.480 e. The lowest BCUT2D eigenvalue weighted by atomic mass is 10.1. The molecule has 0 saturated heterocycles. The summed E-state index contributed by atoms with van der Waals surface area (Å²) >= 11 is 0. The van der Waals surface area contributed by atoms with Crippen molar-refractivity contribution in [1.82, 2.24) is 5.32 Å². The van der Waals surface area contributed by atoms with E-state index >= 15 is 0 Å². The molecule has 2 N–H and O–H groups in total. The SMILES string of the molecule is CC(F)(F)C(NC(=O)C(F)(F)F)C(=O)O. The molecule has 9 heteroatoms. The maximum Gasteiger partial charge on any atom is 0.471 e. The normalized spacial score (nSPS) is 14.5. The minimum absolute atomic E-state index is 0.0858. The molecule has 0 aromatic carbocycles. The third-order valence-electron chi connectivity index (χ3n) is 1.29. The van der Waals surface area contributed by atoms with Gasteiger partial charge >= 0.3 is 18.1 Å². The van der Waals surface area contributed by atoms with E-state index in [1.54, 1.807) is 0 Å². The smallest absolute Gasteiger partial charge is 0.471 e. The van der Waals surface area contributed by atoms with Crippen LogP contribution in [0.1, 0.15) is 6.92 Å². The number of alkyl halides is 5. The molecule has 0 radical (unpaired) electrons. The van der Waals surface area contributed by atoms with E-state index < -0.39 is 30.0 Å². The van der Waals surface area contributed by atoms with Crippen molar-refractivity contribution < 1.29 is 36.6 Å². The summed E-state index contributed by atoms with van der Waals surface area (Å²) in [5.74, 6) is -8.97. The maximum absolute atomic E-state index is 12.4. The van der Waals surface area contributed by atoms with Crippen molar-refractivity contribution in [1.29, 1.82) is 0 Å². The molecule has 0 rings (SSSR count). The summed E-state index contributed by atoms with van der Waals surface area (Å²) in [7, 11) is 0. The Morgan fingerprint density at radius 2 is 1.60 bits per heavy atom. The Bertz CT molecular complexity index is 269. The number of carbonyl (C=O) groups is 2. The second-order valence-electron chi connectivity index (χ2n) is 2.70. The van der Waals surface area contributed by atoms with Crippen LogP contribution in [0.15, 0.2) is 0 Å². The predicted molar refractivity (Wildman–Crippen MR) is 36.2 cm³/mol. The minimum atomic E-state index is -5.40. The van der Waals surface area contributed by atoms with Crippen LogP contribution >= 0.6 is 0 Å². The zero-order valence-electron chi connectivity index (χ0n) is 7.23. The summed E-state index contributed by atoms with van der Waals surface area (Å²) in [6.07, 6.45) is -5.40. The first-order valence-electron chi connectivity index (χ1n) is 3.44. The molecule has 0 aromatic heterocycles. The molecule has 1 unspecified atom stereocenters. The summed E-state index contributed by atoms with van der Waals surface area (Å²) in [6, 6.07) is -2.91. The van der Waals surface area contributed by atoms with Gasteiger partial charge in [0, 0.05) is 6.92 Å². The lowest BCUT2D eigenvalue weighted by Gasteiger charge is -2.21. The molecule has 0 aliphatic heterocycles. The first kappa shape index (κ1) is 13.6. The van der Waals surface area contributed by atoms with Gasteiger partial charge in [-0.05, 0) is 0 Å². The number of aliphatic carboxylic acids is 1. The molecule has 0 saturated carbocycles. The number of amides is 1. The molecule has 0 aliphatic carbocycles. The van der Waals surface area contributed by atoms with Gasteiger partial charge in [-0.2, -0.15) is 13.2 Å². The van der Waals surface area contributed by atoms with Gasteiger partial charge in [-0.3, -0.25) is 4.79 Å². The van der Waals surface area contributed by atoms with Gasteiger partial charge in [0.05, 0.1) is 0 Å². The Labute approximate surface area is 80.1 Å². The number of hydrogen-bond donors (Lipinski definition) is 2. The first-order chi connectivity index (χ1) is 6.46. The summed E-state index contributed by atoms with van der Waals surface area (Å²) < 4.78 is 59.7. The fraction of sp³-hybridized carbons (Fsp3) is 0.667. The molecule has 0 heterocycles. The molecule has 0 fully saturated rings.